The number of para-hydroxylation sites is 1. The lowest BCUT2D eigenvalue weighted by Gasteiger charge is -2.11. The Labute approximate surface area is 584 Å². The maximum absolute atomic E-state index is 10.6. The number of aliphatic carboxylic acids is 9. The molecule has 35 nitrogen and oxygen atoms in total. The summed E-state index contributed by atoms with van der Waals surface area (Å²) in [4.78, 5) is 102. The molecule has 5 aromatic rings. The molecule has 36 heteroatoms. The van der Waals surface area contributed by atoms with E-state index in [0.717, 1.165) is 52.6 Å². The summed E-state index contributed by atoms with van der Waals surface area (Å²) in [5, 5.41) is 95.1. The highest BCUT2D eigenvalue weighted by molar-refractivity contribution is 7.98. The molecule has 0 aliphatic heterocycles. The number of carboxylic acid groups (broad SMARTS) is 9. The number of carboxylic acids is 9. The smallest absolute Gasteiger partial charge is 0.320 e. The van der Waals surface area contributed by atoms with E-state index in [1.807, 2.05) is 94.7 Å². The number of nitrogens with two attached hydrogens (primary N) is 11. The number of imidazole rings is 1. The Morgan fingerprint density at radius 1 is 0.530 bits per heavy atom. The third-order valence-electron chi connectivity index (χ3n) is 13.2. The number of thioether (sulfide) groups is 1. The molecule has 2 aromatic heterocycles. The first-order valence-electron chi connectivity index (χ1n) is 31.2. The van der Waals surface area contributed by atoms with Gasteiger partial charge in [-0.3, -0.25) is 48.6 Å². The Morgan fingerprint density at radius 3 is 1.35 bits per heavy atom. The average Bonchev–Trinajstić information content (AvgIpc) is 1.69. The Hall–Kier alpha value is -9.34. The van der Waals surface area contributed by atoms with E-state index in [1.54, 1.807) is 30.1 Å². The standard InChI is InChI=1S/C11H12N2O2.C9H11NO3.C9H11NO2.C6H14N4O2.C6H9N3O2.C6H14N2O2.2C6H13NO2.C5H11NO2S/c12-9(11(14)15)5-7-6-13-10-4-2-1-3-8(7)10;10-8(9(12)13)5-6-1-3-7(11)4-2-6;10-8(9(11)12)6-7-4-2-1-3-5-7;7-4(5(11)12)2-1-3-10-6(8)9;7-5(6(10)11)1-4-2-8-3-9-4;7-4-2-1-3-5(8)6(9)10;1-4(2)3-5(7)6(8)9;1-3-4(2)5(7)6(8)9;1-9-3-2-4(6)5(7)8/h1-4,6,9,13H,5,12H2,(H,14,15);1-4,8,11H,5,10H2,(H,12,13);1-5,8H,6,10H2,(H,11,12);4H,1-3,7H2,(H,11,12)(H4,8,9,10);2-3,5H,1,7H2,(H,8,9)(H,10,11);5H,1-4,7-8H2,(H,9,10);2*4-5H,3,7H2,1-2H3,(H,8,9);4H,2-3,6H2,1H3,(H,7,8)/t9-;2*8-;4-;3*5-;4-,5-;4-/m000000000/s1. The first-order valence-corrected chi connectivity index (χ1v) is 32.6. The first kappa shape index (κ1) is 97.0. The second kappa shape index (κ2) is 57.6. The number of hydrogen-bond donors (Lipinski definition) is 25. The van der Waals surface area contributed by atoms with E-state index in [4.69, 9.17) is 120 Å². The van der Waals surface area contributed by atoms with E-state index in [-0.39, 0.29) is 30.5 Å². The highest BCUT2D eigenvalue weighted by Gasteiger charge is 2.19. The van der Waals surface area contributed by atoms with Crippen molar-refractivity contribution in [2.45, 2.75) is 159 Å². The molecule has 2 heterocycles. The van der Waals surface area contributed by atoms with Gasteiger partial charge in [0.2, 0.25) is 0 Å². The van der Waals surface area contributed by atoms with E-state index in [0.29, 0.717) is 69.6 Å². The van der Waals surface area contributed by atoms with E-state index in [9.17, 15) is 43.2 Å². The number of aromatic amines is 2. The van der Waals surface area contributed by atoms with Gasteiger partial charge in [0.1, 0.15) is 60.1 Å². The molecule has 0 aliphatic carbocycles. The van der Waals surface area contributed by atoms with Crippen molar-refractivity contribution < 1.29 is 94.2 Å². The molecular formula is C64H108N16O19S. The number of phenolic OH excluding ortho intramolecular Hbond substituents is 1. The van der Waals surface area contributed by atoms with E-state index < -0.39 is 108 Å². The molecule has 564 valence electrons. The van der Waals surface area contributed by atoms with Crippen molar-refractivity contribution >= 4 is 82.3 Å². The number of phenols is 1. The summed E-state index contributed by atoms with van der Waals surface area (Å²) in [6.07, 6.45) is 13.2. The van der Waals surface area contributed by atoms with Crippen molar-refractivity contribution in [3.63, 3.8) is 0 Å². The van der Waals surface area contributed by atoms with Crippen LogP contribution in [0.15, 0.2) is 97.6 Å². The molecule has 0 amide bonds. The van der Waals surface area contributed by atoms with Crippen LogP contribution in [0.5, 0.6) is 5.75 Å². The number of nitrogens with zero attached hydrogens (tertiary/aromatic N) is 1. The summed E-state index contributed by atoms with van der Waals surface area (Å²) < 4.78 is 0. The van der Waals surface area contributed by atoms with Crippen molar-refractivity contribution in [3.05, 3.63) is 120 Å². The highest BCUT2D eigenvalue weighted by Crippen LogP contribution is 2.19. The van der Waals surface area contributed by atoms with Gasteiger partial charge in [-0.15, -0.1) is 0 Å². The Morgan fingerprint density at radius 2 is 0.960 bits per heavy atom. The zero-order chi connectivity index (χ0) is 77.6. The summed E-state index contributed by atoms with van der Waals surface area (Å²) in [6, 6.07) is 16.4. The molecule has 0 bridgehead atoms. The van der Waals surface area contributed by atoms with Crippen LogP contribution in [0.4, 0.5) is 0 Å². The van der Waals surface area contributed by atoms with Gasteiger partial charge in [-0.1, -0.05) is 101 Å². The van der Waals surface area contributed by atoms with Gasteiger partial charge in [0, 0.05) is 42.7 Å². The third kappa shape index (κ3) is 52.7. The summed E-state index contributed by atoms with van der Waals surface area (Å²) >= 11 is 1.60. The number of aromatic nitrogens is 3. The molecule has 5 rings (SSSR count). The topological polar surface area (TPSA) is 723 Å². The van der Waals surface area contributed by atoms with Crippen LogP contribution in [0, 0.1) is 17.2 Å². The fourth-order valence-corrected chi connectivity index (χ4v) is 7.53. The van der Waals surface area contributed by atoms with Gasteiger partial charge in [0.15, 0.2) is 5.96 Å². The van der Waals surface area contributed by atoms with Crippen LogP contribution in [-0.2, 0) is 68.8 Å². The maximum Gasteiger partial charge on any atom is 0.320 e. The maximum atomic E-state index is 10.6. The lowest BCUT2D eigenvalue weighted by atomic mass is 10.0. The zero-order valence-electron chi connectivity index (χ0n) is 57.0. The molecule has 0 unspecified atom stereocenters. The number of fused-ring (bicyclic) bond motifs is 1. The van der Waals surface area contributed by atoms with Gasteiger partial charge in [0.25, 0.3) is 0 Å². The molecule has 100 heavy (non-hydrogen) atoms. The number of H-pyrrole nitrogens is 2. The number of carbonyl (C=O) groups is 9. The van der Waals surface area contributed by atoms with E-state index in [2.05, 4.69) is 20.3 Å². The average molecular weight is 1440 g/mol. The van der Waals surface area contributed by atoms with Crippen LogP contribution in [0.1, 0.15) is 101 Å². The molecule has 0 aliphatic rings. The summed E-state index contributed by atoms with van der Waals surface area (Å²) in [6.45, 7) is 8.74. The monoisotopic (exact) mass is 1440 g/mol. The van der Waals surface area contributed by atoms with Crippen molar-refractivity contribution in [2.24, 2.45) is 74.9 Å². The summed E-state index contributed by atoms with van der Waals surface area (Å²) in [5.41, 5.74) is 62.1. The quantitative estimate of drug-likeness (QED) is 0.0160. The van der Waals surface area contributed by atoms with Crippen LogP contribution < -0.4 is 68.4 Å². The molecule has 36 N–H and O–H groups in total. The van der Waals surface area contributed by atoms with Gasteiger partial charge in [-0.05, 0) is 117 Å². The highest BCUT2D eigenvalue weighted by atomic mass is 32.2. The van der Waals surface area contributed by atoms with Crippen molar-refractivity contribution in [3.8, 4) is 5.75 Å². The molecule has 0 fully saturated rings. The molecule has 0 saturated carbocycles. The second-order valence-electron chi connectivity index (χ2n) is 22.4. The largest absolute Gasteiger partial charge is 0.508 e. The number of hydrogen-bond acceptors (Lipinski definition) is 23. The van der Waals surface area contributed by atoms with Crippen molar-refractivity contribution in [2.75, 3.05) is 25.1 Å². The molecule has 0 radical (unpaired) electrons. The summed E-state index contributed by atoms with van der Waals surface area (Å²) in [7, 11) is 0. The number of benzene rings is 3. The van der Waals surface area contributed by atoms with Gasteiger partial charge in [-0.2, -0.15) is 11.8 Å². The normalized spacial score (nSPS) is 13.1. The lowest BCUT2D eigenvalue weighted by Crippen LogP contribution is -2.36. The van der Waals surface area contributed by atoms with Gasteiger partial charge >= 0.3 is 53.7 Å². The fraction of sp³-hybridized carbons (Fsp3) is 0.484. The van der Waals surface area contributed by atoms with Crippen LogP contribution in [-0.4, -0.2) is 205 Å². The minimum Gasteiger partial charge on any atom is -0.508 e. The zero-order valence-corrected chi connectivity index (χ0v) is 57.9. The van der Waals surface area contributed by atoms with Gasteiger partial charge in [0.05, 0.1) is 12.0 Å². The van der Waals surface area contributed by atoms with Crippen LogP contribution >= 0.6 is 11.8 Å². The number of aromatic hydroxyl groups is 1. The summed E-state index contributed by atoms with van der Waals surface area (Å²) in [5.74, 6) is -7.34. The van der Waals surface area contributed by atoms with E-state index in [1.165, 1.54) is 18.5 Å². The number of rotatable bonds is 32. The van der Waals surface area contributed by atoms with E-state index >= 15 is 0 Å². The predicted octanol–water partition coefficient (Wildman–Crippen LogP) is 0.703. The molecule has 0 spiro atoms. The number of guanidine groups is 1. The first-order chi connectivity index (χ1) is 46.7. The third-order valence-corrected chi connectivity index (χ3v) is 13.8. The van der Waals surface area contributed by atoms with Crippen LogP contribution in [0.3, 0.4) is 0 Å². The molecular weight excluding hydrogens is 1330 g/mol. The van der Waals surface area contributed by atoms with Crippen molar-refractivity contribution in [1.82, 2.24) is 20.3 Å². The van der Waals surface area contributed by atoms with Crippen LogP contribution in [0.25, 0.3) is 10.9 Å². The van der Waals surface area contributed by atoms with Crippen LogP contribution in [0.2, 0.25) is 0 Å². The number of nitrogens with one attached hydrogen (secondary N) is 4. The molecule has 3 aromatic carbocycles. The molecule has 10 atom stereocenters. The Bertz CT molecular complexity index is 3080. The molecule has 0 saturated heterocycles. The Balaban J connectivity index is -0.000000521. The lowest BCUT2D eigenvalue weighted by molar-refractivity contribution is -0.140. The Kier molecular flexibility index (Phi) is 55.9. The minimum atomic E-state index is -1.02. The van der Waals surface area contributed by atoms with Crippen molar-refractivity contribution in [1.29, 1.82) is 5.41 Å². The van der Waals surface area contributed by atoms with Gasteiger partial charge < -0.3 is 129 Å². The minimum absolute atomic E-state index is 0.0718. The predicted molar refractivity (Wildman–Crippen MR) is 381 cm³/mol. The SMILES string of the molecule is CC(C)C[C@H](N)C(=O)O.CC[C@H](C)[C@H](N)C(=O)O.CSCC[C@H](N)C(=O)O.N=C(N)NCCC[C@H](N)C(=O)O.NCCCC[C@H](N)C(=O)O.N[C@@H](Cc1c[nH]c2ccccc12)C(=O)O.N[C@@H](Cc1c[nH]cn1)C(=O)O.N[C@@H](Cc1ccc(O)cc1)C(=O)O.N[C@@H](Cc1ccccc1)C(=O)O. The second-order valence-corrected chi connectivity index (χ2v) is 23.4. The van der Waals surface area contributed by atoms with Gasteiger partial charge in [-0.25, -0.2) is 4.98 Å². The number of unbranched alkanes of at least 4 members (excludes halogenated alkanes) is 1. The fourth-order valence-electron chi connectivity index (χ4n) is 7.04.